The van der Waals surface area contributed by atoms with Crippen LogP contribution in [-0.4, -0.2) is 6.54 Å². The number of likely N-dealkylation sites (N-methyl/N-ethyl adjacent to an activating group) is 1. The monoisotopic (exact) mass is 457 g/mol. The maximum Gasteiger partial charge on any atom is 0.0371 e. The zero-order valence-corrected chi connectivity index (χ0v) is 16.2. The molecule has 2 aromatic rings. The second-order valence-corrected chi connectivity index (χ2v) is 7.23. The van der Waals surface area contributed by atoms with Gasteiger partial charge in [0.1, 0.15) is 0 Å². The van der Waals surface area contributed by atoms with Crippen LogP contribution in [0.5, 0.6) is 0 Å². The second kappa shape index (κ2) is 8.30. The van der Waals surface area contributed by atoms with E-state index in [4.69, 9.17) is 0 Å². The van der Waals surface area contributed by atoms with E-state index in [1.165, 1.54) is 20.3 Å². The summed E-state index contributed by atoms with van der Waals surface area (Å²) in [5, 5.41) is 3.62. The van der Waals surface area contributed by atoms with Crippen LogP contribution in [0.15, 0.2) is 46.9 Å². The van der Waals surface area contributed by atoms with Crippen molar-refractivity contribution in [2.45, 2.75) is 32.7 Å². The highest BCUT2D eigenvalue weighted by Gasteiger charge is 2.14. The number of nitrogens with one attached hydrogen (secondary N) is 1. The van der Waals surface area contributed by atoms with E-state index in [0.717, 1.165) is 23.9 Å². The lowest BCUT2D eigenvalue weighted by atomic mass is 9.98. The Morgan fingerprint density at radius 1 is 1.05 bits per heavy atom. The van der Waals surface area contributed by atoms with Crippen molar-refractivity contribution in [2.75, 3.05) is 6.54 Å². The third kappa shape index (κ3) is 4.80. The van der Waals surface area contributed by atoms with Gasteiger partial charge in [0, 0.05) is 14.1 Å². The average Bonchev–Trinajstić information content (AvgIpc) is 2.50. The van der Waals surface area contributed by atoms with Crippen LogP contribution in [0, 0.1) is 3.57 Å². The number of hydrogen-bond acceptors (Lipinski definition) is 1. The van der Waals surface area contributed by atoms with Gasteiger partial charge in [-0.25, -0.2) is 0 Å². The van der Waals surface area contributed by atoms with Gasteiger partial charge in [-0.3, -0.25) is 0 Å². The molecule has 0 fully saturated rings. The Bertz CT molecular complexity index is 580. The van der Waals surface area contributed by atoms with E-state index in [2.05, 4.69) is 100 Å². The molecule has 1 unspecified atom stereocenters. The van der Waals surface area contributed by atoms with Crippen LogP contribution >= 0.6 is 38.5 Å². The van der Waals surface area contributed by atoms with E-state index >= 15 is 0 Å². The molecular formula is C18H21BrIN. The molecule has 1 N–H and O–H groups in total. The zero-order valence-electron chi connectivity index (χ0n) is 12.5. The lowest BCUT2D eigenvalue weighted by Crippen LogP contribution is -2.23. The summed E-state index contributed by atoms with van der Waals surface area (Å²) in [6, 6.07) is 15.9. The van der Waals surface area contributed by atoms with E-state index < -0.39 is 0 Å². The fourth-order valence-corrected chi connectivity index (χ4v) is 3.56. The molecule has 0 saturated carbocycles. The summed E-state index contributed by atoms with van der Waals surface area (Å²) in [6.07, 6.45) is 2.12. The molecule has 0 radical (unpaired) electrons. The Kier molecular flexibility index (Phi) is 6.71. The van der Waals surface area contributed by atoms with Crippen molar-refractivity contribution in [3.05, 3.63) is 67.2 Å². The van der Waals surface area contributed by atoms with Gasteiger partial charge in [0.25, 0.3) is 0 Å². The van der Waals surface area contributed by atoms with Gasteiger partial charge in [0.2, 0.25) is 0 Å². The summed E-state index contributed by atoms with van der Waals surface area (Å²) in [7, 11) is 0. The molecule has 0 amide bonds. The Labute approximate surface area is 149 Å². The predicted molar refractivity (Wildman–Crippen MR) is 103 cm³/mol. The van der Waals surface area contributed by atoms with Crippen molar-refractivity contribution in [2.24, 2.45) is 0 Å². The molecule has 0 aromatic heterocycles. The molecule has 2 aromatic carbocycles. The highest BCUT2D eigenvalue weighted by atomic mass is 127. The molecule has 0 aliphatic heterocycles. The van der Waals surface area contributed by atoms with Crippen molar-refractivity contribution in [3.63, 3.8) is 0 Å². The Morgan fingerprint density at radius 3 is 2.33 bits per heavy atom. The molecule has 0 aliphatic rings. The van der Waals surface area contributed by atoms with Gasteiger partial charge in [-0.15, -0.1) is 0 Å². The Morgan fingerprint density at radius 2 is 1.71 bits per heavy atom. The minimum Gasteiger partial charge on any atom is -0.310 e. The third-order valence-electron chi connectivity index (χ3n) is 3.66. The summed E-state index contributed by atoms with van der Waals surface area (Å²) >= 11 is 6.01. The third-order valence-corrected chi connectivity index (χ3v) is 5.13. The fourth-order valence-electron chi connectivity index (χ4n) is 2.47. The van der Waals surface area contributed by atoms with E-state index in [-0.39, 0.29) is 0 Å². The topological polar surface area (TPSA) is 12.0 Å². The predicted octanol–water partition coefficient (Wildman–Crippen LogP) is 5.51. The average molecular weight is 458 g/mol. The van der Waals surface area contributed by atoms with Crippen LogP contribution in [0.25, 0.3) is 0 Å². The van der Waals surface area contributed by atoms with Crippen LogP contribution in [0.1, 0.15) is 36.6 Å². The number of benzene rings is 2. The van der Waals surface area contributed by atoms with E-state index in [0.29, 0.717) is 6.04 Å². The number of halogens is 2. The summed E-state index contributed by atoms with van der Waals surface area (Å²) in [5.74, 6) is 0. The molecule has 0 heterocycles. The molecular weight excluding hydrogens is 437 g/mol. The first-order valence-corrected chi connectivity index (χ1v) is 9.27. The van der Waals surface area contributed by atoms with Gasteiger partial charge in [0.05, 0.1) is 0 Å². The number of hydrogen-bond donors (Lipinski definition) is 1. The minimum atomic E-state index is 0.354. The van der Waals surface area contributed by atoms with E-state index in [9.17, 15) is 0 Å². The highest BCUT2D eigenvalue weighted by molar-refractivity contribution is 14.1. The standard InChI is InChI=1S/C18H21BrIN/c1-3-13-5-7-14(8-6-13)11-18(21-4-2)16-12-15(19)9-10-17(16)20/h5-10,12,18,21H,3-4,11H2,1-2H3. The van der Waals surface area contributed by atoms with Gasteiger partial charge in [0.15, 0.2) is 0 Å². The number of aryl methyl sites for hydroxylation is 1. The molecule has 1 atom stereocenters. The molecule has 3 heteroatoms. The SMILES string of the molecule is CCNC(Cc1ccc(CC)cc1)c1cc(Br)ccc1I. The van der Waals surface area contributed by atoms with Crippen LogP contribution in [0.3, 0.4) is 0 Å². The van der Waals surface area contributed by atoms with Crippen molar-refractivity contribution in [1.82, 2.24) is 5.32 Å². The molecule has 21 heavy (non-hydrogen) atoms. The van der Waals surface area contributed by atoms with Crippen LogP contribution in [0.4, 0.5) is 0 Å². The van der Waals surface area contributed by atoms with Crippen molar-refractivity contribution >= 4 is 38.5 Å². The van der Waals surface area contributed by atoms with Crippen LogP contribution in [-0.2, 0) is 12.8 Å². The first-order valence-electron chi connectivity index (χ1n) is 7.40. The Hall–Kier alpha value is -0.390. The second-order valence-electron chi connectivity index (χ2n) is 5.15. The largest absolute Gasteiger partial charge is 0.310 e. The van der Waals surface area contributed by atoms with Gasteiger partial charge < -0.3 is 5.32 Å². The van der Waals surface area contributed by atoms with E-state index in [1.54, 1.807) is 0 Å². The summed E-state index contributed by atoms with van der Waals surface area (Å²) in [5.41, 5.74) is 4.15. The zero-order chi connectivity index (χ0) is 15.2. The van der Waals surface area contributed by atoms with Gasteiger partial charge in [-0.2, -0.15) is 0 Å². The highest BCUT2D eigenvalue weighted by Crippen LogP contribution is 2.27. The van der Waals surface area contributed by atoms with E-state index in [1.807, 2.05) is 0 Å². The Balaban J connectivity index is 2.23. The quantitative estimate of drug-likeness (QED) is 0.564. The lowest BCUT2D eigenvalue weighted by Gasteiger charge is -2.20. The van der Waals surface area contributed by atoms with Gasteiger partial charge >= 0.3 is 0 Å². The van der Waals surface area contributed by atoms with Crippen LogP contribution < -0.4 is 5.32 Å². The first kappa shape index (κ1) is 17.0. The van der Waals surface area contributed by atoms with Gasteiger partial charge in [-0.1, -0.05) is 54.0 Å². The maximum absolute atomic E-state index is 3.62. The molecule has 0 spiro atoms. The molecule has 0 aliphatic carbocycles. The first-order chi connectivity index (χ1) is 10.1. The van der Waals surface area contributed by atoms with Crippen molar-refractivity contribution < 1.29 is 0 Å². The van der Waals surface area contributed by atoms with Crippen molar-refractivity contribution in [3.8, 4) is 0 Å². The maximum atomic E-state index is 3.62. The summed E-state index contributed by atoms with van der Waals surface area (Å²) in [4.78, 5) is 0. The smallest absolute Gasteiger partial charge is 0.0371 e. The summed E-state index contributed by atoms with van der Waals surface area (Å²) < 4.78 is 2.45. The summed E-state index contributed by atoms with van der Waals surface area (Å²) in [6.45, 7) is 5.33. The van der Waals surface area contributed by atoms with Crippen molar-refractivity contribution in [1.29, 1.82) is 0 Å². The number of rotatable bonds is 6. The minimum absolute atomic E-state index is 0.354. The lowest BCUT2D eigenvalue weighted by molar-refractivity contribution is 0.547. The van der Waals surface area contributed by atoms with Gasteiger partial charge in [-0.05, 0) is 76.9 Å². The molecule has 2 rings (SSSR count). The normalized spacial score (nSPS) is 12.4. The molecule has 0 bridgehead atoms. The van der Waals surface area contributed by atoms with Crippen LogP contribution in [0.2, 0.25) is 0 Å². The molecule has 112 valence electrons. The fraction of sp³-hybridized carbons (Fsp3) is 0.333. The molecule has 0 saturated heterocycles. The molecule has 1 nitrogen and oxygen atoms in total.